The van der Waals surface area contributed by atoms with Crippen molar-refractivity contribution in [3.63, 3.8) is 0 Å². The molecule has 0 aromatic carbocycles. The molecule has 0 bridgehead atoms. The van der Waals surface area contributed by atoms with Crippen LogP contribution in [0.1, 0.15) is 6.42 Å². The minimum Gasteiger partial charge on any atom is -0.325 e. The SMILES string of the molecule is O=C1C[C@H]2SOCCN12. The van der Waals surface area contributed by atoms with E-state index in [2.05, 4.69) is 0 Å². The number of nitrogens with zero attached hydrogens (tertiary/aromatic N) is 1. The van der Waals surface area contributed by atoms with Gasteiger partial charge in [0.25, 0.3) is 0 Å². The summed E-state index contributed by atoms with van der Waals surface area (Å²) in [5.74, 6) is 0.274. The van der Waals surface area contributed by atoms with E-state index in [0.29, 0.717) is 18.4 Å². The van der Waals surface area contributed by atoms with E-state index in [9.17, 15) is 4.79 Å². The van der Waals surface area contributed by atoms with Gasteiger partial charge in [-0.2, -0.15) is 0 Å². The first-order valence-electron chi connectivity index (χ1n) is 2.96. The summed E-state index contributed by atoms with van der Waals surface area (Å²) in [6, 6.07) is 0. The zero-order valence-electron chi connectivity index (χ0n) is 4.87. The van der Waals surface area contributed by atoms with Crippen molar-refractivity contribution >= 4 is 17.9 Å². The van der Waals surface area contributed by atoms with Gasteiger partial charge in [-0.25, -0.2) is 0 Å². The van der Waals surface area contributed by atoms with Gasteiger partial charge in [0.15, 0.2) is 0 Å². The highest BCUT2D eigenvalue weighted by molar-refractivity contribution is 7.95. The quantitative estimate of drug-likeness (QED) is 0.361. The summed E-state index contributed by atoms with van der Waals surface area (Å²) >= 11 is 1.42. The molecule has 0 aliphatic carbocycles. The van der Waals surface area contributed by atoms with Crippen LogP contribution in [-0.2, 0) is 8.98 Å². The van der Waals surface area contributed by atoms with Crippen molar-refractivity contribution in [3.05, 3.63) is 0 Å². The second-order valence-corrected chi connectivity index (χ2v) is 3.14. The zero-order valence-corrected chi connectivity index (χ0v) is 5.69. The van der Waals surface area contributed by atoms with Crippen LogP contribution < -0.4 is 0 Å². The number of amides is 1. The molecule has 0 aromatic rings. The lowest BCUT2D eigenvalue weighted by molar-refractivity contribution is -0.143. The molecule has 4 heteroatoms. The molecule has 0 unspecified atom stereocenters. The van der Waals surface area contributed by atoms with E-state index < -0.39 is 0 Å². The van der Waals surface area contributed by atoms with Gasteiger partial charge in [-0.3, -0.25) is 4.79 Å². The smallest absolute Gasteiger partial charge is 0.226 e. The van der Waals surface area contributed by atoms with Crippen LogP contribution in [0.3, 0.4) is 0 Å². The molecule has 0 saturated carbocycles. The van der Waals surface area contributed by atoms with Crippen molar-refractivity contribution in [1.82, 2.24) is 4.90 Å². The molecule has 2 aliphatic heterocycles. The highest BCUT2D eigenvalue weighted by Gasteiger charge is 2.39. The van der Waals surface area contributed by atoms with E-state index in [-0.39, 0.29) is 5.91 Å². The highest BCUT2D eigenvalue weighted by atomic mass is 32.2. The first-order valence-corrected chi connectivity index (χ1v) is 3.76. The first kappa shape index (κ1) is 5.56. The molecule has 1 atom stereocenters. The fourth-order valence-electron chi connectivity index (χ4n) is 1.04. The Morgan fingerprint density at radius 1 is 1.78 bits per heavy atom. The van der Waals surface area contributed by atoms with Crippen LogP contribution >= 0.6 is 12.0 Å². The van der Waals surface area contributed by atoms with Crippen LogP contribution in [0.4, 0.5) is 0 Å². The van der Waals surface area contributed by atoms with Gasteiger partial charge in [-0.1, -0.05) is 0 Å². The third-order valence-corrected chi connectivity index (χ3v) is 2.56. The lowest BCUT2D eigenvalue weighted by Gasteiger charge is -2.41. The summed E-state index contributed by atoms with van der Waals surface area (Å²) in [5.41, 5.74) is 0. The molecule has 0 spiro atoms. The van der Waals surface area contributed by atoms with Crippen molar-refractivity contribution in [2.75, 3.05) is 13.2 Å². The summed E-state index contributed by atoms with van der Waals surface area (Å²) < 4.78 is 5.07. The Kier molecular flexibility index (Phi) is 1.16. The number of carbonyl (C=O) groups is 1. The molecule has 9 heavy (non-hydrogen) atoms. The molecule has 2 fully saturated rings. The Morgan fingerprint density at radius 2 is 2.67 bits per heavy atom. The monoisotopic (exact) mass is 145 g/mol. The maximum atomic E-state index is 10.7. The Labute approximate surface area is 57.6 Å². The summed E-state index contributed by atoms with van der Waals surface area (Å²) in [4.78, 5) is 12.6. The van der Waals surface area contributed by atoms with E-state index in [1.165, 1.54) is 12.0 Å². The standard InChI is InChI=1S/C5H7NO2S/c7-4-3-5-6(4)1-2-8-9-5/h5H,1-3H2/t5-/m1/s1. The topological polar surface area (TPSA) is 29.5 Å². The molecule has 0 radical (unpaired) electrons. The average molecular weight is 145 g/mol. The minimum atomic E-state index is 0.274. The second-order valence-electron chi connectivity index (χ2n) is 2.16. The van der Waals surface area contributed by atoms with E-state index >= 15 is 0 Å². The molecule has 2 rings (SSSR count). The number of hydrogen-bond donors (Lipinski definition) is 0. The first-order chi connectivity index (χ1) is 4.38. The number of β-lactam (4-membered cyclic amide) rings is 1. The van der Waals surface area contributed by atoms with E-state index in [1.807, 2.05) is 4.90 Å². The molecule has 50 valence electrons. The van der Waals surface area contributed by atoms with Gasteiger partial charge >= 0.3 is 0 Å². The molecule has 2 heterocycles. The fraction of sp³-hybridized carbons (Fsp3) is 0.800. The van der Waals surface area contributed by atoms with Crippen LogP contribution in [0.15, 0.2) is 0 Å². The number of hydrogen-bond acceptors (Lipinski definition) is 3. The van der Waals surface area contributed by atoms with Crippen LogP contribution in [0.25, 0.3) is 0 Å². The van der Waals surface area contributed by atoms with E-state index in [4.69, 9.17) is 4.18 Å². The fourth-order valence-corrected chi connectivity index (χ4v) is 1.91. The van der Waals surface area contributed by atoms with Gasteiger partial charge in [0, 0.05) is 18.6 Å². The van der Waals surface area contributed by atoms with Crippen molar-refractivity contribution in [1.29, 1.82) is 0 Å². The van der Waals surface area contributed by atoms with Crippen molar-refractivity contribution in [3.8, 4) is 0 Å². The molecule has 0 aromatic heterocycles. The maximum absolute atomic E-state index is 10.7. The molecular weight excluding hydrogens is 138 g/mol. The lowest BCUT2D eigenvalue weighted by Crippen LogP contribution is -2.54. The number of fused-ring (bicyclic) bond motifs is 1. The Balaban J connectivity index is 2.01. The third-order valence-electron chi connectivity index (χ3n) is 1.61. The summed E-state index contributed by atoms with van der Waals surface area (Å²) in [6.45, 7) is 1.48. The number of rotatable bonds is 0. The van der Waals surface area contributed by atoms with Crippen LogP contribution in [0.2, 0.25) is 0 Å². The highest BCUT2D eigenvalue weighted by Crippen LogP contribution is 2.32. The van der Waals surface area contributed by atoms with E-state index in [1.54, 1.807) is 0 Å². The molecular formula is C5H7NO2S. The van der Waals surface area contributed by atoms with Gasteiger partial charge < -0.3 is 9.08 Å². The third kappa shape index (κ3) is 0.737. The summed E-state index contributed by atoms with van der Waals surface area (Å²) in [5, 5.41) is 0.339. The largest absolute Gasteiger partial charge is 0.325 e. The lowest BCUT2D eigenvalue weighted by atomic mass is 10.2. The second kappa shape index (κ2) is 1.88. The van der Waals surface area contributed by atoms with E-state index in [0.717, 1.165) is 6.54 Å². The molecule has 2 aliphatic rings. The van der Waals surface area contributed by atoms with Gasteiger partial charge in [-0.15, -0.1) is 0 Å². The molecule has 0 N–H and O–H groups in total. The maximum Gasteiger partial charge on any atom is 0.226 e. The normalized spacial score (nSPS) is 33.6. The Morgan fingerprint density at radius 3 is 3.22 bits per heavy atom. The molecule has 3 nitrogen and oxygen atoms in total. The Hall–Kier alpha value is -0.220. The predicted molar refractivity (Wildman–Crippen MR) is 33.7 cm³/mol. The van der Waals surface area contributed by atoms with Gasteiger partial charge in [0.2, 0.25) is 5.91 Å². The zero-order chi connectivity index (χ0) is 6.27. The molecule has 1 amide bonds. The summed E-state index contributed by atoms with van der Waals surface area (Å²) in [7, 11) is 0. The minimum absolute atomic E-state index is 0.274. The van der Waals surface area contributed by atoms with Crippen molar-refractivity contribution in [2.24, 2.45) is 0 Å². The molecule has 2 saturated heterocycles. The average Bonchev–Trinajstić information content (AvgIpc) is 1.86. The van der Waals surface area contributed by atoms with Gasteiger partial charge in [0.1, 0.15) is 5.37 Å². The van der Waals surface area contributed by atoms with Crippen LogP contribution in [0.5, 0.6) is 0 Å². The Bertz CT molecular complexity index is 150. The predicted octanol–water partition coefficient (Wildman–Crippen LogP) is 0.223. The van der Waals surface area contributed by atoms with Crippen LogP contribution in [-0.4, -0.2) is 29.3 Å². The van der Waals surface area contributed by atoms with Gasteiger partial charge in [0.05, 0.1) is 13.0 Å². The van der Waals surface area contributed by atoms with Crippen molar-refractivity contribution in [2.45, 2.75) is 11.8 Å². The van der Waals surface area contributed by atoms with Crippen molar-refractivity contribution < 1.29 is 8.98 Å². The summed E-state index contributed by atoms with van der Waals surface area (Å²) in [6.07, 6.45) is 0.671. The number of carbonyl (C=O) groups excluding carboxylic acids is 1. The van der Waals surface area contributed by atoms with Crippen LogP contribution in [0, 0.1) is 0 Å². The van der Waals surface area contributed by atoms with Gasteiger partial charge in [-0.05, 0) is 0 Å².